The molecule has 0 aliphatic rings. The van der Waals surface area contributed by atoms with Crippen molar-refractivity contribution in [1.82, 2.24) is 29.9 Å². The van der Waals surface area contributed by atoms with Crippen LogP contribution in [0.3, 0.4) is 0 Å². The molecule has 6 heteroatoms. The highest BCUT2D eigenvalue weighted by molar-refractivity contribution is 5.66. The van der Waals surface area contributed by atoms with E-state index < -0.39 is 0 Å². The fourth-order valence-corrected chi connectivity index (χ4v) is 5.44. The van der Waals surface area contributed by atoms with Gasteiger partial charge in [0.05, 0.1) is 34.2 Å². The maximum absolute atomic E-state index is 5.15. The summed E-state index contributed by atoms with van der Waals surface area (Å²) in [6, 6.07) is 2.08. The Morgan fingerprint density at radius 3 is 1.19 bits per heavy atom. The average molecular weight is 573 g/mol. The van der Waals surface area contributed by atoms with Gasteiger partial charge in [0.2, 0.25) is 0 Å². The molecule has 0 unspecified atom stereocenters. The van der Waals surface area contributed by atoms with Crippen molar-refractivity contribution < 1.29 is 0 Å². The van der Waals surface area contributed by atoms with Crippen LogP contribution in [0.15, 0.2) is 24.8 Å². The normalized spacial score (nSPS) is 11.3. The summed E-state index contributed by atoms with van der Waals surface area (Å²) in [5.74, 6) is 0. The first-order valence-corrected chi connectivity index (χ1v) is 17.2. The van der Waals surface area contributed by atoms with E-state index in [1.807, 2.05) is 12.4 Å². The zero-order chi connectivity index (χ0) is 29.8. The standard InChI is InChI=1S/C36H56N6/c1-5-9-13-17-21-29-26-37-31(23-19-15-11-7-3)35(41-29)33-25-34(40-28-39-33)36-32(24-20-16-12-8-4)38-27-30(42-36)22-18-14-10-6-2/h25-28H,5-24H2,1-4H3. The maximum Gasteiger partial charge on any atom is 0.116 e. The lowest BCUT2D eigenvalue weighted by Crippen LogP contribution is -2.06. The summed E-state index contributed by atoms with van der Waals surface area (Å²) in [5, 5.41) is 0. The average Bonchev–Trinajstić information content (AvgIpc) is 3.02. The van der Waals surface area contributed by atoms with Crippen LogP contribution in [-0.4, -0.2) is 29.9 Å². The van der Waals surface area contributed by atoms with Gasteiger partial charge in [0.25, 0.3) is 0 Å². The van der Waals surface area contributed by atoms with Crippen LogP contribution in [0.1, 0.15) is 153 Å². The molecule has 0 saturated heterocycles. The molecule has 0 aliphatic carbocycles. The van der Waals surface area contributed by atoms with E-state index >= 15 is 0 Å². The van der Waals surface area contributed by atoms with E-state index in [9.17, 15) is 0 Å². The van der Waals surface area contributed by atoms with Gasteiger partial charge in [-0.05, 0) is 57.4 Å². The Morgan fingerprint density at radius 1 is 0.429 bits per heavy atom. The van der Waals surface area contributed by atoms with E-state index in [0.29, 0.717) is 0 Å². The van der Waals surface area contributed by atoms with Crippen molar-refractivity contribution in [2.24, 2.45) is 0 Å². The zero-order valence-electron chi connectivity index (χ0n) is 27.1. The monoisotopic (exact) mass is 572 g/mol. The van der Waals surface area contributed by atoms with Crippen LogP contribution in [0.5, 0.6) is 0 Å². The maximum atomic E-state index is 5.15. The molecule has 0 spiro atoms. The lowest BCUT2D eigenvalue weighted by atomic mass is 10.0. The Bertz CT molecular complexity index is 1070. The van der Waals surface area contributed by atoms with Crippen molar-refractivity contribution in [3.63, 3.8) is 0 Å². The molecule has 0 fully saturated rings. The number of unbranched alkanes of at least 4 members (excludes halogenated alkanes) is 12. The molecule has 0 bridgehead atoms. The van der Waals surface area contributed by atoms with Crippen LogP contribution in [0.2, 0.25) is 0 Å². The first kappa shape index (κ1) is 33.7. The van der Waals surface area contributed by atoms with Crippen LogP contribution in [0, 0.1) is 0 Å². The molecule has 0 saturated carbocycles. The van der Waals surface area contributed by atoms with Gasteiger partial charge in [-0.15, -0.1) is 0 Å². The van der Waals surface area contributed by atoms with E-state index in [1.54, 1.807) is 6.33 Å². The van der Waals surface area contributed by atoms with E-state index in [0.717, 1.165) is 96.9 Å². The van der Waals surface area contributed by atoms with Crippen molar-refractivity contribution in [2.45, 2.75) is 156 Å². The molecule has 230 valence electrons. The summed E-state index contributed by atoms with van der Waals surface area (Å²) in [6.45, 7) is 9.01. The quantitative estimate of drug-likeness (QED) is 0.111. The van der Waals surface area contributed by atoms with Crippen molar-refractivity contribution >= 4 is 0 Å². The van der Waals surface area contributed by atoms with E-state index in [1.165, 1.54) is 77.0 Å². The molecule has 42 heavy (non-hydrogen) atoms. The SMILES string of the molecule is CCCCCCc1cnc(CCCCCC)c(-c2cc(-c3nc(CCCCCC)cnc3CCCCCC)ncn2)n1. The number of nitrogens with zero attached hydrogens (tertiary/aromatic N) is 6. The minimum Gasteiger partial charge on any atom is -0.257 e. The largest absolute Gasteiger partial charge is 0.257 e. The Labute approximate surface area is 256 Å². The Balaban J connectivity index is 1.94. The molecule has 0 amide bonds. The lowest BCUT2D eigenvalue weighted by Gasteiger charge is -2.13. The first-order valence-electron chi connectivity index (χ1n) is 17.2. The number of hydrogen-bond donors (Lipinski definition) is 0. The van der Waals surface area contributed by atoms with Crippen LogP contribution in [0.4, 0.5) is 0 Å². The van der Waals surface area contributed by atoms with Gasteiger partial charge in [-0.1, -0.05) is 105 Å². The van der Waals surface area contributed by atoms with Crippen molar-refractivity contribution in [1.29, 1.82) is 0 Å². The summed E-state index contributed by atoms with van der Waals surface area (Å²) in [5.41, 5.74) is 7.73. The second-order valence-electron chi connectivity index (χ2n) is 11.8. The predicted octanol–water partition coefficient (Wildman–Crippen LogP) is 9.88. The molecule has 0 radical (unpaired) electrons. The van der Waals surface area contributed by atoms with Gasteiger partial charge in [0, 0.05) is 12.4 Å². The van der Waals surface area contributed by atoms with Crippen molar-refractivity contribution in [2.75, 3.05) is 0 Å². The van der Waals surface area contributed by atoms with E-state index in [4.69, 9.17) is 29.9 Å². The third kappa shape index (κ3) is 11.5. The second kappa shape index (κ2) is 20.2. The minimum absolute atomic E-state index is 0.848. The smallest absolute Gasteiger partial charge is 0.116 e. The topological polar surface area (TPSA) is 77.3 Å². The molecule has 6 nitrogen and oxygen atoms in total. The Hall–Kier alpha value is -2.76. The lowest BCUT2D eigenvalue weighted by molar-refractivity contribution is 0.650. The van der Waals surface area contributed by atoms with E-state index in [-0.39, 0.29) is 0 Å². The highest BCUT2D eigenvalue weighted by atomic mass is 14.9. The van der Waals surface area contributed by atoms with Crippen molar-refractivity contribution in [3.05, 3.63) is 47.6 Å². The number of hydrogen-bond acceptors (Lipinski definition) is 6. The van der Waals surface area contributed by atoms with Gasteiger partial charge in [0.1, 0.15) is 17.7 Å². The Morgan fingerprint density at radius 2 is 0.810 bits per heavy atom. The highest BCUT2D eigenvalue weighted by Gasteiger charge is 2.17. The highest BCUT2D eigenvalue weighted by Crippen LogP contribution is 2.27. The third-order valence-corrected chi connectivity index (χ3v) is 8.06. The van der Waals surface area contributed by atoms with Gasteiger partial charge in [-0.2, -0.15) is 0 Å². The predicted molar refractivity (Wildman–Crippen MR) is 175 cm³/mol. The van der Waals surface area contributed by atoms with Gasteiger partial charge in [-0.25, -0.2) is 19.9 Å². The summed E-state index contributed by atoms with van der Waals surface area (Å²) in [6.07, 6.45) is 28.8. The van der Waals surface area contributed by atoms with Crippen LogP contribution >= 0.6 is 0 Å². The second-order valence-corrected chi connectivity index (χ2v) is 11.8. The van der Waals surface area contributed by atoms with Gasteiger partial charge in [0.15, 0.2) is 0 Å². The first-order chi connectivity index (χ1) is 20.7. The minimum atomic E-state index is 0.848. The zero-order valence-corrected chi connectivity index (χ0v) is 27.1. The molecule has 0 N–H and O–H groups in total. The molecular formula is C36H56N6. The Kier molecular flexibility index (Phi) is 16.2. The van der Waals surface area contributed by atoms with Gasteiger partial charge < -0.3 is 0 Å². The number of aryl methyl sites for hydroxylation is 4. The molecule has 0 atom stereocenters. The van der Waals surface area contributed by atoms with Crippen LogP contribution in [-0.2, 0) is 25.7 Å². The molecule has 0 aromatic carbocycles. The van der Waals surface area contributed by atoms with Crippen LogP contribution in [0.25, 0.3) is 22.8 Å². The molecular weight excluding hydrogens is 516 g/mol. The molecule has 0 aliphatic heterocycles. The van der Waals surface area contributed by atoms with Crippen molar-refractivity contribution in [3.8, 4) is 22.8 Å². The fraction of sp³-hybridized carbons (Fsp3) is 0.667. The van der Waals surface area contributed by atoms with E-state index in [2.05, 4.69) is 33.8 Å². The van der Waals surface area contributed by atoms with Gasteiger partial charge >= 0.3 is 0 Å². The third-order valence-electron chi connectivity index (χ3n) is 8.06. The van der Waals surface area contributed by atoms with Gasteiger partial charge in [-0.3, -0.25) is 9.97 Å². The number of aromatic nitrogens is 6. The van der Waals surface area contributed by atoms with Crippen LogP contribution < -0.4 is 0 Å². The summed E-state index contributed by atoms with van der Waals surface area (Å²) in [4.78, 5) is 29.7. The molecule has 3 aromatic rings. The summed E-state index contributed by atoms with van der Waals surface area (Å²) >= 11 is 0. The summed E-state index contributed by atoms with van der Waals surface area (Å²) < 4.78 is 0. The molecule has 3 heterocycles. The molecule has 3 aromatic heterocycles. The number of rotatable bonds is 22. The fourth-order valence-electron chi connectivity index (χ4n) is 5.44. The summed E-state index contributed by atoms with van der Waals surface area (Å²) in [7, 11) is 0. The molecule has 3 rings (SSSR count).